The minimum Gasteiger partial charge on any atom is -0.481 e. The third-order valence-corrected chi connectivity index (χ3v) is 4.90. The van der Waals surface area contributed by atoms with Crippen LogP contribution in [0.4, 0.5) is 13.2 Å². The zero-order chi connectivity index (χ0) is 21.4. The topological polar surface area (TPSA) is 42.0 Å². The van der Waals surface area contributed by atoms with E-state index in [4.69, 9.17) is 4.74 Å². The molecular formula is C21H31F3N2O3. The Labute approximate surface area is 170 Å². The fraction of sp³-hybridized carbons (Fsp3) is 0.667. The first-order valence-corrected chi connectivity index (χ1v) is 10.1. The third-order valence-electron chi connectivity index (χ3n) is 4.90. The van der Waals surface area contributed by atoms with E-state index in [1.165, 1.54) is 0 Å². The van der Waals surface area contributed by atoms with Crippen LogP contribution < -0.4 is 4.74 Å². The molecule has 8 heteroatoms. The van der Waals surface area contributed by atoms with E-state index in [1.54, 1.807) is 11.8 Å². The van der Waals surface area contributed by atoms with Gasteiger partial charge < -0.3 is 14.4 Å². The molecule has 0 saturated carbocycles. The summed E-state index contributed by atoms with van der Waals surface area (Å²) in [5, 5.41) is 0. The highest BCUT2D eigenvalue weighted by Crippen LogP contribution is 2.21. The molecule has 1 aromatic carbocycles. The molecule has 1 saturated heterocycles. The van der Waals surface area contributed by atoms with Crippen LogP contribution in [0.5, 0.6) is 5.75 Å². The summed E-state index contributed by atoms with van der Waals surface area (Å²) in [6.45, 7) is 8.07. The van der Waals surface area contributed by atoms with Gasteiger partial charge in [0.2, 0.25) is 0 Å². The molecule has 1 unspecified atom stereocenters. The molecule has 0 bridgehead atoms. The normalized spacial score (nSPS) is 16.9. The monoisotopic (exact) mass is 416 g/mol. The standard InChI is InChI=1S/C21H31F3N2O3/c1-16(2)18-6-4-7-19(14-18)29-17(3)20(27)26-11-9-25(10-12-26)8-5-13-28-15-21(22,23)24/h4,6-7,14,16-17H,5,8-13,15H2,1-3H3. The molecule has 1 aliphatic heterocycles. The lowest BCUT2D eigenvalue weighted by Gasteiger charge is -2.35. The minimum atomic E-state index is -4.28. The number of alkyl halides is 3. The van der Waals surface area contributed by atoms with Gasteiger partial charge in [0.15, 0.2) is 6.10 Å². The molecule has 1 fully saturated rings. The van der Waals surface area contributed by atoms with Gasteiger partial charge in [0.1, 0.15) is 12.4 Å². The summed E-state index contributed by atoms with van der Waals surface area (Å²) < 4.78 is 46.6. The van der Waals surface area contributed by atoms with Gasteiger partial charge in [-0.25, -0.2) is 0 Å². The van der Waals surface area contributed by atoms with Crippen LogP contribution in [-0.4, -0.2) is 73.9 Å². The Morgan fingerprint density at radius 3 is 2.45 bits per heavy atom. The quantitative estimate of drug-likeness (QED) is 0.576. The number of rotatable bonds is 9. The average Bonchev–Trinajstić information content (AvgIpc) is 2.67. The summed E-state index contributed by atoms with van der Waals surface area (Å²) in [5.41, 5.74) is 1.16. The minimum absolute atomic E-state index is 0.0480. The molecule has 5 nitrogen and oxygen atoms in total. The zero-order valence-corrected chi connectivity index (χ0v) is 17.4. The first kappa shape index (κ1) is 23.5. The van der Waals surface area contributed by atoms with Crippen molar-refractivity contribution in [3.05, 3.63) is 29.8 Å². The smallest absolute Gasteiger partial charge is 0.411 e. The number of halogens is 3. The van der Waals surface area contributed by atoms with E-state index in [2.05, 4.69) is 23.5 Å². The Morgan fingerprint density at radius 1 is 1.14 bits per heavy atom. The fourth-order valence-electron chi connectivity index (χ4n) is 3.23. The molecule has 2 rings (SSSR count). The maximum atomic E-state index is 12.7. The van der Waals surface area contributed by atoms with Crippen LogP contribution in [-0.2, 0) is 9.53 Å². The summed E-state index contributed by atoms with van der Waals surface area (Å²) in [4.78, 5) is 16.6. The predicted molar refractivity (Wildman–Crippen MR) is 105 cm³/mol. The van der Waals surface area contributed by atoms with E-state index in [-0.39, 0.29) is 12.5 Å². The number of amides is 1. The van der Waals surface area contributed by atoms with Crippen molar-refractivity contribution in [1.82, 2.24) is 9.80 Å². The van der Waals surface area contributed by atoms with Crippen LogP contribution in [0, 0.1) is 0 Å². The van der Waals surface area contributed by atoms with Gasteiger partial charge in [-0.05, 0) is 37.0 Å². The molecule has 0 radical (unpaired) electrons. The molecule has 0 N–H and O–H groups in total. The van der Waals surface area contributed by atoms with E-state index < -0.39 is 18.9 Å². The number of hydrogen-bond acceptors (Lipinski definition) is 4. The Balaban J connectivity index is 1.70. The third kappa shape index (κ3) is 8.22. The number of carbonyl (C=O) groups is 1. The first-order valence-electron chi connectivity index (χ1n) is 10.1. The van der Waals surface area contributed by atoms with E-state index in [0.717, 1.165) is 5.56 Å². The predicted octanol–water partition coefficient (Wildman–Crippen LogP) is 3.69. The number of ether oxygens (including phenoxy) is 2. The maximum absolute atomic E-state index is 12.7. The van der Waals surface area contributed by atoms with Crippen molar-refractivity contribution in [2.75, 3.05) is 45.9 Å². The second kappa shape index (κ2) is 10.8. The largest absolute Gasteiger partial charge is 0.481 e. The van der Waals surface area contributed by atoms with Gasteiger partial charge in [-0.3, -0.25) is 9.69 Å². The van der Waals surface area contributed by atoms with Crippen molar-refractivity contribution in [3.63, 3.8) is 0 Å². The molecule has 0 aromatic heterocycles. The van der Waals surface area contributed by atoms with Crippen molar-refractivity contribution < 1.29 is 27.4 Å². The molecular weight excluding hydrogens is 385 g/mol. The van der Waals surface area contributed by atoms with Crippen LogP contribution >= 0.6 is 0 Å². The molecule has 1 aromatic rings. The average molecular weight is 416 g/mol. The van der Waals surface area contributed by atoms with Gasteiger partial charge in [0, 0.05) is 39.3 Å². The molecule has 1 heterocycles. The first-order chi connectivity index (χ1) is 13.7. The molecule has 0 aliphatic carbocycles. The molecule has 164 valence electrons. The van der Waals surface area contributed by atoms with Gasteiger partial charge in [0.05, 0.1) is 0 Å². The van der Waals surface area contributed by atoms with E-state index in [0.29, 0.717) is 50.8 Å². The number of nitrogens with zero attached hydrogens (tertiary/aromatic N) is 2. The van der Waals surface area contributed by atoms with Crippen LogP contribution in [0.15, 0.2) is 24.3 Å². The van der Waals surface area contributed by atoms with Crippen LogP contribution in [0.3, 0.4) is 0 Å². The summed E-state index contributed by atoms with van der Waals surface area (Å²) in [6.07, 6.45) is -4.31. The molecule has 29 heavy (non-hydrogen) atoms. The maximum Gasteiger partial charge on any atom is 0.411 e. The van der Waals surface area contributed by atoms with Gasteiger partial charge in [0.25, 0.3) is 5.91 Å². The van der Waals surface area contributed by atoms with Crippen molar-refractivity contribution in [3.8, 4) is 5.75 Å². The molecule has 1 atom stereocenters. The van der Waals surface area contributed by atoms with Crippen molar-refractivity contribution in [1.29, 1.82) is 0 Å². The Hall–Kier alpha value is -1.80. The SMILES string of the molecule is CC(Oc1cccc(C(C)C)c1)C(=O)N1CCN(CCCOCC(F)(F)F)CC1. The highest BCUT2D eigenvalue weighted by atomic mass is 19.4. The molecule has 1 aliphatic rings. The van der Waals surface area contributed by atoms with Gasteiger partial charge >= 0.3 is 6.18 Å². The number of piperazine rings is 1. The lowest BCUT2D eigenvalue weighted by molar-refractivity contribution is -0.174. The second-order valence-electron chi connectivity index (χ2n) is 7.68. The molecule has 0 spiro atoms. The number of benzene rings is 1. The number of carbonyl (C=O) groups excluding carboxylic acids is 1. The zero-order valence-electron chi connectivity index (χ0n) is 17.4. The summed E-state index contributed by atoms with van der Waals surface area (Å²) in [6, 6.07) is 7.79. The lowest BCUT2D eigenvalue weighted by atomic mass is 10.0. The van der Waals surface area contributed by atoms with E-state index >= 15 is 0 Å². The Bertz CT molecular complexity index is 644. The fourth-order valence-corrected chi connectivity index (χ4v) is 3.23. The lowest BCUT2D eigenvalue weighted by Crippen LogP contribution is -2.52. The Kier molecular flexibility index (Phi) is 8.77. The van der Waals surface area contributed by atoms with Gasteiger partial charge in [-0.15, -0.1) is 0 Å². The Morgan fingerprint density at radius 2 is 1.83 bits per heavy atom. The van der Waals surface area contributed by atoms with Crippen molar-refractivity contribution >= 4 is 5.91 Å². The van der Waals surface area contributed by atoms with Crippen LogP contribution in [0.1, 0.15) is 38.7 Å². The number of hydrogen-bond donors (Lipinski definition) is 0. The summed E-state index contributed by atoms with van der Waals surface area (Å²) in [5.74, 6) is 1.03. The summed E-state index contributed by atoms with van der Waals surface area (Å²) >= 11 is 0. The van der Waals surface area contributed by atoms with E-state index in [1.807, 2.05) is 24.3 Å². The molecule has 1 amide bonds. The van der Waals surface area contributed by atoms with Crippen LogP contribution in [0.25, 0.3) is 0 Å². The van der Waals surface area contributed by atoms with Crippen molar-refractivity contribution in [2.45, 2.75) is 45.4 Å². The highest BCUT2D eigenvalue weighted by Gasteiger charge is 2.28. The van der Waals surface area contributed by atoms with Gasteiger partial charge in [-0.1, -0.05) is 26.0 Å². The van der Waals surface area contributed by atoms with Crippen molar-refractivity contribution in [2.24, 2.45) is 0 Å². The van der Waals surface area contributed by atoms with Crippen LogP contribution in [0.2, 0.25) is 0 Å². The van der Waals surface area contributed by atoms with Gasteiger partial charge in [-0.2, -0.15) is 13.2 Å². The summed E-state index contributed by atoms with van der Waals surface area (Å²) in [7, 11) is 0. The van der Waals surface area contributed by atoms with E-state index in [9.17, 15) is 18.0 Å². The second-order valence-corrected chi connectivity index (χ2v) is 7.68. The highest BCUT2D eigenvalue weighted by molar-refractivity contribution is 5.81.